The molecule has 19 heavy (non-hydrogen) atoms. The summed E-state index contributed by atoms with van der Waals surface area (Å²) in [6.07, 6.45) is 6.29. The van der Waals surface area contributed by atoms with Crippen molar-refractivity contribution in [1.82, 2.24) is 0 Å². The van der Waals surface area contributed by atoms with Gasteiger partial charge in [0.1, 0.15) is 5.75 Å². The van der Waals surface area contributed by atoms with Gasteiger partial charge in [-0.15, -0.1) is 0 Å². The Kier molecular flexibility index (Phi) is 3.79. The fourth-order valence-electron chi connectivity index (χ4n) is 3.97. The van der Waals surface area contributed by atoms with E-state index in [-0.39, 0.29) is 0 Å². The van der Waals surface area contributed by atoms with Crippen LogP contribution in [0.1, 0.15) is 50.5 Å². The van der Waals surface area contributed by atoms with Gasteiger partial charge in [0, 0.05) is 6.04 Å². The van der Waals surface area contributed by atoms with Crippen molar-refractivity contribution in [2.24, 2.45) is 17.6 Å². The molecule has 0 aromatic heterocycles. The van der Waals surface area contributed by atoms with Crippen LogP contribution in [0.5, 0.6) is 5.75 Å². The van der Waals surface area contributed by atoms with Gasteiger partial charge in [0.15, 0.2) is 0 Å². The van der Waals surface area contributed by atoms with E-state index in [1.165, 1.54) is 24.8 Å². The number of fused-ring (bicyclic) bond motifs is 1. The molecule has 2 aliphatic rings. The smallest absolute Gasteiger partial charge is 0.122 e. The van der Waals surface area contributed by atoms with Gasteiger partial charge in [0.2, 0.25) is 0 Å². The number of para-hydroxylation sites is 1. The molecule has 1 saturated carbocycles. The van der Waals surface area contributed by atoms with Crippen LogP contribution in [0.4, 0.5) is 0 Å². The Morgan fingerprint density at radius 3 is 2.89 bits per heavy atom. The maximum Gasteiger partial charge on any atom is 0.122 e. The third-order valence-corrected chi connectivity index (χ3v) is 5.12. The molecule has 2 N–H and O–H groups in total. The van der Waals surface area contributed by atoms with E-state index in [0.717, 1.165) is 37.0 Å². The summed E-state index contributed by atoms with van der Waals surface area (Å²) in [5, 5.41) is 0. The van der Waals surface area contributed by atoms with Gasteiger partial charge in [0.25, 0.3) is 0 Å². The Balaban J connectivity index is 1.70. The summed E-state index contributed by atoms with van der Waals surface area (Å²) < 4.78 is 5.74. The zero-order chi connectivity index (χ0) is 13.2. The largest absolute Gasteiger partial charge is 0.493 e. The van der Waals surface area contributed by atoms with Gasteiger partial charge in [-0.25, -0.2) is 0 Å². The highest BCUT2D eigenvalue weighted by atomic mass is 16.5. The molecule has 1 aliphatic heterocycles. The Bertz CT molecular complexity index is 431. The molecule has 104 valence electrons. The molecule has 0 saturated heterocycles. The Morgan fingerprint density at radius 2 is 2.11 bits per heavy atom. The van der Waals surface area contributed by atoms with Gasteiger partial charge in [0.05, 0.1) is 6.61 Å². The van der Waals surface area contributed by atoms with Crippen LogP contribution in [0.2, 0.25) is 0 Å². The highest BCUT2D eigenvalue weighted by Gasteiger charge is 2.31. The van der Waals surface area contributed by atoms with E-state index in [1.54, 1.807) is 0 Å². The molecule has 3 rings (SSSR count). The molecule has 1 aromatic carbocycles. The second-order valence-corrected chi connectivity index (χ2v) is 6.34. The number of rotatable bonds is 3. The molecule has 0 radical (unpaired) electrons. The van der Waals surface area contributed by atoms with Crippen LogP contribution < -0.4 is 10.5 Å². The predicted molar refractivity (Wildman–Crippen MR) is 78.4 cm³/mol. The second kappa shape index (κ2) is 5.54. The summed E-state index contributed by atoms with van der Waals surface area (Å²) in [5.41, 5.74) is 7.89. The minimum Gasteiger partial charge on any atom is -0.493 e. The maximum absolute atomic E-state index is 6.52. The summed E-state index contributed by atoms with van der Waals surface area (Å²) in [6, 6.07) is 8.83. The third kappa shape index (κ3) is 2.64. The van der Waals surface area contributed by atoms with Crippen LogP contribution in [0.25, 0.3) is 0 Å². The van der Waals surface area contributed by atoms with Gasteiger partial charge < -0.3 is 10.5 Å². The summed E-state index contributed by atoms with van der Waals surface area (Å²) in [5.74, 6) is 3.21. The molecule has 1 heterocycles. The van der Waals surface area contributed by atoms with Crippen molar-refractivity contribution >= 4 is 0 Å². The average Bonchev–Trinajstić information content (AvgIpc) is 2.85. The molecule has 1 aromatic rings. The van der Waals surface area contributed by atoms with Crippen LogP contribution in [-0.2, 0) is 0 Å². The zero-order valence-corrected chi connectivity index (χ0v) is 11.8. The predicted octanol–water partition coefficient (Wildman–Crippen LogP) is 3.71. The van der Waals surface area contributed by atoms with Crippen LogP contribution >= 0.6 is 0 Å². The number of ether oxygens (including phenoxy) is 1. The fourth-order valence-corrected chi connectivity index (χ4v) is 3.97. The second-order valence-electron chi connectivity index (χ2n) is 6.34. The highest BCUT2D eigenvalue weighted by molar-refractivity contribution is 5.37. The van der Waals surface area contributed by atoms with E-state index >= 15 is 0 Å². The number of hydrogen-bond donors (Lipinski definition) is 1. The Labute approximate surface area is 116 Å². The van der Waals surface area contributed by atoms with Crippen molar-refractivity contribution in [3.63, 3.8) is 0 Å². The summed E-state index contributed by atoms with van der Waals surface area (Å²) >= 11 is 0. The molecule has 4 unspecified atom stereocenters. The van der Waals surface area contributed by atoms with E-state index in [0.29, 0.717) is 12.0 Å². The topological polar surface area (TPSA) is 35.2 Å². The summed E-state index contributed by atoms with van der Waals surface area (Å²) in [4.78, 5) is 0. The molecule has 4 atom stereocenters. The van der Waals surface area contributed by atoms with E-state index < -0.39 is 0 Å². The Hall–Kier alpha value is -1.02. The van der Waals surface area contributed by atoms with Gasteiger partial charge in [-0.05, 0) is 48.6 Å². The molecule has 1 aliphatic carbocycles. The molecule has 1 fully saturated rings. The van der Waals surface area contributed by atoms with E-state index in [2.05, 4.69) is 31.2 Å². The summed E-state index contributed by atoms with van der Waals surface area (Å²) in [7, 11) is 0. The van der Waals surface area contributed by atoms with Crippen molar-refractivity contribution in [3.05, 3.63) is 29.8 Å². The monoisotopic (exact) mass is 259 g/mol. The normalized spacial score (nSPS) is 31.6. The van der Waals surface area contributed by atoms with E-state index in [4.69, 9.17) is 10.5 Å². The minimum absolute atomic E-state index is 0.355. The van der Waals surface area contributed by atoms with Crippen LogP contribution in [0.3, 0.4) is 0 Å². The summed E-state index contributed by atoms with van der Waals surface area (Å²) in [6.45, 7) is 3.21. The van der Waals surface area contributed by atoms with Crippen LogP contribution in [0, 0.1) is 11.8 Å². The first-order valence-electron chi connectivity index (χ1n) is 7.73. The first-order valence-corrected chi connectivity index (χ1v) is 7.73. The minimum atomic E-state index is 0.355. The van der Waals surface area contributed by atoms with E-state index in [9.17, 15) is 0 Å². The lowest BCUT2D eigenvalue weighted by Gasteiger charge is -2.31. The fraction of sp³-hybridized carbons (Fsp3) is 0.647. The Morgan fingerprint density at radius 1 is 1.26 bits per heavy atom. The number of nitrogens with two attached hydrogens (primary N) is 1. The van der Waals surface area contributed by atoms with Crippen molar-refractivity contribution in [1.29, 1.82) is 0 Å². The average molecular weight is 259 g/mol. The molecular weight excluding hydrogens is 234 g/mol. The molecule has 0 amide bonds. The molecular formula is C17H25NO. The van der Waals surface area contributed by atoms with Gasteiger partial charge >= 0.3 is 0 Å². The maximum atomic E-state index is 6.52. The first kappa shape index (κ1) is 13.0. The molecule has 0 spiro atoms. The molecule has 2 heteroatoms. The lowest BCUT2D eigenvalue weighted by atomic mass is 9.81. The van der Waals surface area contributed by atoms with Gasteiger partial charge in [-0.3, -0.25) is 0 Å². The van der Waals surface area contributed by atoms with Crippen molar-refractivity contribution in [2.45, 2.75) is 51.0 Å². The number of hydrogen-bond acceptors (Lipinski definition) is 2. The zero-order valence-electron chi connectivity index (χ0n) is 11.8. The number of benzene rings is 1. The third-order valence-electron chi connectivity index (χ3n) is 5.12. The lowest BCUT2D eigenvalue weighted by molar-refractivity contribution is 0.243. The highest BCUT2D eigenvalue weighted by Crippen LogP contribution is 2.40. The first-order chi connectivity index (χ1) is 9.25. The quantitative estimate of drug-likeness (QED) is 0.898. The van der Waals surface area contributed by atoms with Gasteiger partial charge in [-0.2, -0.15) is 0 Å². The van der Waals surface area contributed by atoms with E-state index in [1.807, 2.05) is 0 Å². The molecule has 0 bridgehead atoms. The van der Waals surface area contributed by atoms with Crippen molar-refractivity contribution in [2.75, 3.05) is 6.61 Å². The lowest BCUT2D eigenvalue weighted by Crippen LogP contribution is -2.34. The van der Waals surface area contributed by atoms with Crippen LogP contribution in [0.15, 0.2) is 24.3 Å². The molecule has 2 nitrogen and oxygen atoms in total. The van der Waals surface area contributed by atoms with Crippen molar-refractivity contribution in [3.8, 4) is 5.75 Å². The SMILES string of the molecule is CC1CCCC1C(N)CC1CCOc2ccccc21. The van der Waals surface area contributed by atoms with Crippen molar-refractivity contribution < 1.29 is 4.74 Å². The standard InChI is InChI=1S/C17H25NO/c1-12-5-4-7-14(12)16(18)11-13-9-10-19-17-8-3-2-6-15(13)17/h2-3,6,8,12-14,16H,4-5,7,9-11,18H2,1H3. The van der Waals surface area contributed by atoms with Crippen LogP contribution in [-0.4, -0.2) is 12.6 Å². The van der Waals surface area contributed by atoms with Gasteiger partial charge in [-0.1, -0.05) is 38.0 Å².